The van der Waals surface area contributed by atoms with Crippen molar-refractivity contribution in [3.05, 3.63) is 52.7 Å². The van der Waals surface area contributed by atoms with Crippen LogP contribution < -0.4 is 9.47 Å². The summed E-state index contributed by atoms with van der Waals surface area (Å²) >= 11 is 1.62. The third-order valence-corrected chi connectivity index (χ3v) is 5.37. The number of methoxy groups -OCH3 is 2. The molecule has 2 aromatic heterocycles. The summed E-state index contributed by atoms with van der Waals surface area (Å²) in [6, 6.07) is 8.03. The van der Waals surface area contributed by atoms with E-state index in [2.05, 4.69) is 22.4 Å². The molecule has 3 aromatic rings. The second-order valence-electron chi connectivity index (χ2n) is 6.06. The first kappa shape index (κ1) is 16.2. The molecular weight excluding hydrogens is 336 g/mol. The number of hydrogen-bond acceptors (Lipinski definition) is 6. The minimum atomic E-state index is 0.789. The molecule has 0 saturated heterocycles. The Bertz CT molecular complexity index is 858. The van der Waals surface area contributed by atoms with Crippen LogP contribution in [0.1, 0.15) is 16.8 Å². The minimum absolute atomic E-state index is 0.789. The molecule has 1 aliphatic heterocycles. The minimum Gasteiger partial charge on any atom is -0.493 e. The zero-order valence-corrected chi connectivity index (χ0v) is 15.1. The van der Waals surface area contributed by atoms with Crippen molar-refractivity contribution in [2.75, 3.05) is 20.8 Å². The summed E-state index contributed by atoms with van der Waals surface area (Å²) in [5, 5.41) is 3.05. The smallest absolute Gasteiger partial charge is 0.162 e. The van der Waals surface area contributed by atoms with E-state index in [1.807, 2.05) is 12.1 Å². The van der Waals surface area contributed by atoms with Crippen molar-refractivity contribution < 1.29 is 13.9 Å². The Balaban J connectivity index is 1.49. The lowest BCUT2D eigenvalue weighted by Gasteiger charge is -2.29. The first-order valence-corrected chi connectivity index (χ1v) is 9.09. The normalized spacial score (nSPS) is 14.3. The summed E-state index contributed by atoms with van der Waals surface area (Å²) in [6.07, 6.45) is 2.69. The predicted molar refractivity (Wildman–Crippen MR) is 97.2 cm³/mol. The molecule has 0 bridgehead atoms. The lowest BCUT2D eigenvalue weighted by Crippen LogP contribution is -2.30. The van der Waals surface area contributed by atoms with Gasteiger partial charge in [0.15, 0.2) is 22.3 Å². The van der Waals surface area contributed by atoms with E-state index >= 15 is 0 Å². The zero-order valence-electron chi connectivity index (χ0n) is 14.3. The molecule has 0 unspecified atom stereocenters. The molecule has 0 atom stereocenters. The summed E-state index contributed by atoms with van der Waals surface area (Å²) in [5.41, 5.74) is 3.72. The van der Waals surface area contributed by atoms with Gasteiger partial charge in [0.1, 0.15) is 0 Å². The molecule has 130 valence electrons. The van der Waals surface area contributed by atoms with Gasteiger partial charge in [0.05, 0.1) is 26.2 Å². The van der Waals surface area contributed by atoms with Gasteiger partial charge in [-0.2, -0.15) is 0 Å². The van der Waals surface area contributed by atoms with Crippen LogP contribution in [0.2, 0.25) is 0 Å². The summed E-state index contributed by atoms with van der Waals surface area (Å²) in [7, 11) is 3.36. The third-order valence-electron chi connectivity index (χ3n) is 4.47. The molecule has 0 spiro atoms. The largest absolute Gasteiger partial charge is 0.493 e. The Kier molecular flexibility index (Phi) is 4.46. The molecule has 0 N–H and O–H groups in total. The second kappa shape index (κ2) is 6.90. The number of thiazole rings is 1. The van der Waals surface area contributed by atoms with Gasteiger partial charge in [-0.25, -0.2) is 4.98 Å². The summed E-state index contributed by atoms with van der Waals surface area (Å²) in [5.74, 6) is 2.42. The van der Waals surface area contributed by atoms with Gasteiger partial charge in [-0.15, -0.1) is 11.3 Å². The number of hydrogen-bond donors (Lipinski definition) is 0. The number of nitrogens with zero attached hydrogens (tertiary/aromatic N) is 2. The lowest BCUT2D eigenvalue weighted by atomic mass is 9.98. The van der Waals surface area contributed by atoms with E-state index in [0.717, 1.165) is 54.0 Å². The third kappa shape index (κ3) is 3.27. The number of rotatable bonds is 5. The van der Waals surface area contributed by atoms with Crippen LogP contribution in [0, 0.1) is 0 Å². The maximum absolute atomic E-state index is 5.44. The molecule has 25 heavy (non-hydrogen) atoms. The van der Waals surface area contributed by atoms with Crippen LogP contribution in [0.15, 0.2) is 40.3 Å². The standard InChI is InChI=1S/C19H20N2O3S/c1-22-17-8-13-5-6-21(10-14(13)9-18(17)23-2)11-15-12-25-19(20-15)16-4-3-7-24-16/h3-4,7-9,12H,5-6,10-11H2,1-2H3. The first-order chi connectivity index (χ1) is 12.3. The van der Waals surface area contributed by atoms with Crippen molar-refractivity contribution in [1.82, 2.24) is 9.88 Å². The summed E-state index contributed by atoms with van der Waals surface area (Å²) in [4.78, 5) is 7.11. The molecule has 1 aromatic carbocycles. The monoisotopic (exact) mass is 356 g/mol. The van der Waals surface area contributed by atoms with Crippen LogP contribution in [0.4, 0.5) is 0 Å². The molecule has 6 heteroatoms. The molecule has 4 rings (SSSR count). The van der Waals surface area contributed by atoms with E-state index in [4.69, 9.17) is 18.9 Å². The Hall–Kier alpha value is -2.31. The molecule has 3 heterocycles. The number of furan rings is 1. The molecule has 0 amide bonds. The molecule has 1 aliphatic rings. The summed E-state index contributed by atoms with van der Waals surface area (Å²) in [6.45, 7) is 2.74. The highest BCUT2D eigenvalue weighted by atomic mass is 32.1. The number of fused-ring (bicyclic) bond motifs is 1. The fourth-order valence-corrected chi connectivity index (χ4v) is 3.98. The van der Waals surface area contributed by atoms with Crippen LogP contribution in [0.5, 0.6) is 11.5 Å². The fourth-order valence-electron chi connectivity index (χ4n) is 3.20. The highest BCUT2D eigenvalue weighted by Crippen LogP contribution is 2.33. The van der Waals surface area contributed by atoms with E-state index in [1.54, 1.807) is 31.8 Å². The number of aromatic nitrogens is 1. The predicted octanol–water partition coefficient (Wildman–Crippen LogP) is 3.98. The SMILES string of the molecule is COc1cc2c(cc1OC)CN(Cc1csc(-c3ccco3)n1)CC2. The average molecular weight is 356 g/mol. The van der Waals surface area contributed by atoms with Crippen LogP contribution in [0.3, 0.4) is 0 Å². The Labute approximate surface area is 150 Å². The average Bonchev–Trinajstić information content (AvgIpc) is 3.32. The van der Waals surface area contributed by atoms with Crippen LogP contribution in [-0.2, 0) is 19.5 Å². The maximum Gasteiger partial charge on any atom is 0.162 e. The van der Waals surface area contributed by atoms with Gasteiger partial charge in [-0.3, -0.25) is 4.90 Å². The van der Waals surface area contributed by atoms with Gasteiger partial charge in [0, 0.05) is 25.0 Å². The van der Waals surface area contributed by atoms with E-state index in [-0.39, 0.29) is 0 Å². The first-order valence-electron chi connectivity index (χ1n) is 8.21. The highest BCUT2D eigenvalue weighted by molar-refractivity contribution is 7.13. The van der Waals surface area contributed by atoms with Gasteiger partial charge in [-0.05, 0) is 41.8 Å². The zero-order chi connectivity index (χ0) is 17.2. The summed E-state index contributed by atoms with van der Waals surface area (Å²) < 4.78 is 16.3. The highest BCUT2D eigenvalue weighted by Gasteiger charge is 2.20. The van der Waals surface area contributed by atoms with Gasteiger partial charge in [0.25, 0.3) is 0 Å². The van der Waals surface area contributed by atoms with Gasteiger partial charge in [0.2, 0.25) is 0 Å². The van der Waals surface area contributed by atoms with Crippen LogP contribution >= 0.6 is 11.3 Å². The number of benzene rings is 1. The Morgan fingerprint density at radius 2 is 2.00 bits per heavy atom. The quantitative estimate of drug-likeness (QED) is 0.692. The van der Waals surface area contributed by atoms with Gasteiger partial charge in [-0.1, -0.05) is 0 Å². The molecule has 0 radical (unpaired) electrons. The molecule has 5 nitrogen and oxygen atoms in total. The molecular formula is C19H20N2O3S. The maximum atomic E-state index is 5.44. The van der Waals surface area contributed by atoms with Crippen molar-refractivity contribution in [3.63, 3.8) is 0 Å². The van der Waals surface area contributed by atoms with Crippen molar-refractivity contribution in [2.24, 2.45) is 0 Å². The Morgan fingerprint density at radius 3 is 2.72 bits per heavy atom. The van der Waals surface area contributed by atoms with Gasteiger partial charge >= 0.3 is 0 Å². The fraction of sp³-hybridized carbons (Fsp3) is 0.316. The van der Waals surface area contributed by atoms with Gasteiger partial charge < -0.3 is 13.9 Å². The van der Waals surface area contributed by atoms with E-state index in [9.17, 15) is 0 Å². The molecule has 0 saturated carbocycles. The Morgan fingerprint density at radius 1 is 1.20 bits per heavy atom. The molecule has 0 aliphatic carbocycles. The topological polar surface area (TPSA) is 47.7 Å². The van der Waals surface area contributed by atoms with E-state index in [1.165, 1.54) is 11.1 Å². The van der Waals surface area contributed by atoms with E-state index in [0.29, 0.717) is 0 Å². The lowest BCUT2D eigenvalue weighted by molar-refractivity contribution is 0.242. The second-order valence-corrected chi connectivity index (χ2v) is 6.92. The van der Waals surface area contributed by atoms with Crippen molar-refractivity contribution in [2.45, 2.75) is 19.5 Å². The number of ether oxygens (including phenoxy) is 2. The van der Waals surface area contributed by atoms with Crippen molar-refractivity contribution in [3.8, 4) is 22.3 Å². The van der Waals surface area contributed by atoms with Crippen molar-refractivity contribution in [1.29, 1.82) is 0 Å². The van der Waals surface area contributed by atoms with E-state index < -0.39 is 0 Å². The molecule has 0 fully saturated rings. The van der Waals surface area contributed by atoms with Crippen LogP contribution in [-0.4, -0.2) is 30.6 Å². The van der Waals surface area contributed by atoms with Crippen LogP contribution in [0.25, 0.3) is 10.8 Å². The van der Waals surface area contributed by atoms with Crippen molar-refractivity contribution >= 4 is 11.3 Å².